The molecule has 2 unspecified atom stereocenters. The first-order chi connectivity index (χ1) is 12.1. The minimum atomic E-state index is -1.63. The third-order valence-electron chi connectivity index (χ3n) is 5.02. The second-order valence-electron chi connectivity index (χ2n) is 7.47. The monoisotopic (exact) mass is 402 g/mol. The van der Waals surface area contributed by atoms with Crippen molar-refractivity contribution in [2.24, 2.45) is 0 Å². The highest BCUT2D eigenvalue weighted by molar-refractivity contribution is 7.17. The molecule has 152 valence electrons. The molecule has 0 amide bonds. The van der Waals surface area contributed by atoms with Crippen molar-refractivity contribution in [1.82, 2.24) is 0 Å². The van der Waals surface area contributed by atoms with Crippen LogP contribution in [0, 0.1) is 0 Å². The molecule has 0 aliphatic rings. The van der Waals surface area contributed by atoms with Gasteiger partial charge in [-0.05, 0) is 12.0 Å². The zero-order valence-corrected chi connectivity index (χ0v) is 18.5. The van der Waals surface area contributed by atoms with Crippen molar-refractivity contribution < 1.29 is 10.2 Å². The largest absolute Gasteiger partial charge is 0.365 e. The Morgan fingerprint density at radius 2 is 1.27 bits per heavy atom. The van der Waals surface area contributed by atoms with E-state index in [9.17, 15) is 10.2 Å². The van der Waals surface area contributed by atoms with Crippen LogP contribution in [0.1, 0.15) is 89.5 Å². The molecule has 4 heteroatoms. The van der Waals surface area contributed by atoms with E-state index in [4.69, 9.17) is 0 Å². The molecule has 1 aromatic rings. The maximum absolute atomic E-state index is 10.3. The quantitative estimate of drug-likeness (QED) is 0.206. The molecule has 26 heavy (non-hydrogen) atoms. The Morgan fingerprint density at radius 3 is 1.77 bits per heavy atom. The Balaban J connectivity index is 0.00000625. The van der Waals surface area contributed by atoms with E-state index >= 15 is 0 Å². The van der Waals surface area contributed by atoms with Gasteiger partial charge in [-0.2, -0.15) is 0 Å². The maximum Gasteiger partial charge on any atom is 0.172 e. The molecule has 0 fully saturated rings. The third-order valence-corrected chi connectivity index (χ3v) is 5.89. The lowest BCUT2D eigenvalue weighted by atomic mass is 9.98. The van der Waals surface area contributed by atoms with Crippen molar-refractivity contribution in [1.29, 1.82) is 0 Å². The molecular formula is C22H40ClO2P. The number of unbranched alkanes of at least 4 members (excludes halogenated alkanes) is 10. The molecule has 0 radical (unpaired) electrons. The van der Waals surface area contributed by atoms with E-state index in [0.717, 1.165) is 18.4 Å². The number of rotatable bonds is 15. The van der Waals surface area contributed by atoms with Gasteiger partial charge in [0.05, 0.1) is 0 Å². The van der Waals surface area contributed by atoms with E-state index in [-0.39, 0.29) is 18.1 Å². The summed E-state index contributed by atoms with van der Waals surface area (Å²) in [6.07, 6.45) is 15.6. The topological polar surface area (TPSA) is 40.5 Å². The molecule has 1 rings (SSSR count). The van der Waals surface area contributed by atoms with E-state index in [0.29, 0.717) is 6.42 Å². The average Bonchev–Trinajstić information content (AvgIpc) is 2.60. The molecule has 0 saturated heterocycles. The normalized spacial score (nSPS) is 12.6. The van der Waals surface area contributed by atoms with E-state index < -0.39 is 5.79 Å². The lowest BCUT2D eigenvalue weighted by Crippen LogP contribution is -2.40. The standard InChI is InChI=1S/C22H39O2P.ClH/c1-2-3-4-5-6-7-8-9-10-11-15-18-21(25)22(23,24)19-20-16-13-12-14-17-20;/h12-14,16-17,21,23-24H,2-11,15,18-19,25H2,1H3;1H. The van der Waals surface area contributed by atoms with Gasteiger partial charge in [0.25, 0.3) is 0 Å². The summed E-state index contributed by atoms with van der Waals surface area (Å²) in [5.74, 6) is -1.63. The van der Waals surface area contributed by atoms with Crippen LogP contribution in [0.3, 0.4) is 0 Å². The van der Waals surface area contributed by atoms with Crippen molar-refractivity contribution in [3.8, 4) is 0 Å². The Hall–Kier alpha value is -0.140. The second kappa shape index (κ2) is 15.9. The lowest BCUT2D eigenvalue weighted by molar-refractivity contribution is -0.160. The predicted octanol–water partition coefficient (Wildman–Crippen LogP) is 6.28. The third kappa shape index (κ3) is 12.3. The second-order valence-corrected chi connectivity index (χ2v) is 8.28. The van der Waals surface area contributed by atoms with Gasteiger partial charge in [-0.3, -0.25) is 0 Å². The molecule has 0 spiro atoms. The molecule has 2 atom stereocenters. The van der Waals surface area contributed by atoms with Gasteiger partial charge in [0, 0.05) is 12.1 Å². The molecular weight excluding hydrogens is 363 g/mol. The molecule has 2 nitrogen and oxygen atoms in total. The first kappa shape index (κ1) is 25.9. The Kier molecular flexibility index (Phi) is 15.8. The fourth-order valence-electron chi connectivity index (χ4n) is 3.29. The fraction of sp³-hybridized carbons (Fsp3) is 0.727. The summed E-state index contributed by atoms with van der Waals surface area (Å²) < 4.78 is 0. The summed E-state index contributed by atoms with van der Waals surface area (Å²) in [5.41, 5.74) is 0.796. The predicted molar refractivity (Wildman–Crippen MR) is 119 cm³/mol. The Morgan fingerprint density at radius 1 is 0.808 bits per heavy atom. The summed E-state index contributed by atoms with van der Waals surface area (Å²) in [6.45, 7) is 2.26. The number of aliphatic hydroxyl groups is 2. The summed E-state index contributed by atoms with van der Waals surface area (Å²) >= 11 is 0. The molecule has 0 heterocycles. The van der Waals surface area contributed by atoms with Crippen molar-refractivity contribution in [2.45, 2.75) is 102 Å². The summed E-state index contributed by atoms with van der Waals surface area (Å²) in [7, 11) is 2.63. The fourth-order valence-corrected chi connectivity index (χ4v) is 3.64. The minimum Gasteiger partial charge on any atom is -0.365 e. The van der Waals surface area contributed by atoms with Crippen LogP contribution in [0.5, 0.6) is 0 Å². The minimum absolute atomic E-state index is 0. The van der Waals surface area contributed by atoms with Gasteiger partial charge >= 0.3 is 0 Å². The summed E-state index contributed by atoms with van der Waals surface area (Å²) in [4.78, 5) is 0. The molecule has 0 aliphatic heterocycles. The number of benzene rings is 1. The molecule has 1 aromatic carbocycles. The summed E-state index contributed by atoms with van der Waals surface area (Å²) in [6, 6.07) is 9.71. The number of hydrogen-bond donors (Lipinski definition) is 2. The number of halogens is 1. The molecule has 0 aliphatic carbocycles. The molecule has 0 saturated carbocycles. The van der Waals surface area contributed by atoms with Gasteiger partial charge < -0.3 is 10.2 Å². The zero-order chi connectivity index (χ0) is 18.4. The van der Waals surface area contributed by atoms with Crippen molar-refractivity contribution in [3.05, 3.63) is 35.9 Å². The molecule has 0 bridgehead atoms. The Bertz CT molecular complexity index is 425. The smallest absolute Gasteiger partial charge is 0.172 e. The van der Waals surface area contributed by atoms with Crippen molar-refractivity contribution in [2.75, 3.05) is 0 Å². The van der Waals surface area contributed by atoms with E-state index in [1.165, 1.54) is 64.2 Å². The van der Waals surface area contributed by atoms with Gasteiger partial charge in [0.2, 0.25) is 0 Å². The van der Waals surface area contributed by atoms with Gasteiger partial charge in [-0.1, -0.05) is 108 Å². The van der Waals surface area contributed by atoms with Crippen LogP contribution in [0.15, 0.2) is 30.3 Å². The number of hydrogen-bond acceptors (Lipinski definition) is 2. The SMILES string of the molecule is CCCCCCCCCCCCCC(P)C(O)(O)Cc1ccccc1.Cl. The highest BCUT2D eigenvalue weighted by Gasteiger charge is 2.30. The van der Waals surface area contributed by atoms with Crippen molar-refractivity contribution >= 4 is 21.6 Å². The van der Waals surface area contributed by atoms with Crippen LogP contribution in [0.4, 0.5) is 0 Å². The first-order valence-electron chi connectivity index (χ1n) is 10.3. The molecule has 0 aromatic heterocycles. The first-order valence-corrected chi connectivity index (χ1v) is 11.0. The van der Waals surface area contributed by atoms with Crippen LogP contribution < -0.4 is 0 Å². The van der Waals surface area contributed by atoms with Gasteiger partial charge in [0.15, 0.2) is 5.79 Å². The van der Waals surface area contributed by atoms with Gasteiger partial charge in [-0.15, -0.1) is 21.6 Å². The van der Waals surface area contributed by atoms with Crippen LogP contribution in [-0.2, 0) is 6.42 Å². The maximum atomic E-state index is 10.3. The lowest BCUT2D eigenvalue weighted by Gasteiger charge is -2.28. The highest BCUT2D eigenvalue weighted by atomic mass is 35.5. The van der Waals surface area contributed by atoms with Crippen molar-refractivity contribution in [3.63, 3.8) is 0 Å². The average molecular weight is 403 g/mol. The van der Waals surface area contributed by atoms with Gasteiger partial charge in [0.1, 0.15) is 0 Å². The van der Waals surface area contributed by atoms with E-state index in [2.05, 4.69) is 16.2 Å². The van der Waals surface area contributed by atoms with E-state index in [1.807, 2.05) is 30.3 Å². The van der Waals surface area contributed by atoms with Crippen LogP contribution in [0.25, 0.3) is 0 Å². The Labute approximate surface area is 169 Å². The van der Waals surface area contributed by atoms with Crippen LogP contribution in [-0.4, -0.2) is 21.7 Å². The molecule has 2 N–H and O–H groups in total. The zero-order valence-electron chi connectivity index (χ0n) is 16.5. The summed E-state index contributed by atoms with van der Waals surface area (Å²) in [5, 5.41) is 20.7. The van der Waals surface area contributed by atoms with Crippen LogP contribution >= 0.6 is 21.6 Å². The van der Waals surface area contributed by atoms with E-state index in [1.54, 1.807) is 0 Å². The van der Waals surface area contributed by atoms with Crippen LogP contribution in [0.2, 0.25) is 0 Å². The van der Waals surface area contributed by atoms with Gasteiger partial charge in [-0.25, -0.2) is 0 Å². The highest BCUT2D eigenvalue weighted by Crippen LogP contribution is 2.26.